The van der Waals surface area contributed by atoms with E-state index in [1.807, 2.05) is 0 Å². The summed E-state index contributed by atoms with van der Waals surface area (Å²) < 4.78 is 11.0. The van der Waals surface area contributed by atoms with Gasteiger partial charge >= 0.3 is 11.9 Å². The van der Waals surface area contributed by atoms with Crippen molar-refractivity contribution in [2.75, 3.05) is 7.11 Å². The monoisotopic (exact) mass is 332 g/mol. The number of ether oxygens (including phenoxy) is 2. The number of esters is 2. The highest BCUT2D eigenvalue weighted by Crippen LogP contribution is 2.55. The normalized spacial score (nSPS) is 37.0. The summed E-state index contributed by atoms with van der Waals surface area (Å²) in [5, 5.41) is 0. The smallest absolute Gasteiger partial charge is 0.314 e. The molecule has 0 amide bonds. The largest absolute Gasteiger partial charge is 0.469 e. The molecule has 0 aromatic heterocycles. The van der Waals surface area contributed by atoms with Gasteiger partial charge in [0.2, 0.25) is 0 Å². The molecule has 0 aliphatic heterocycles. The zero-order valence-corrected chi connectivity index (χ0v) is 14.9. The number of carbonyl (C=O) groups is 2. The number of fused-ring (bicyclic) bond motifs is 2. The lowest BCUT2D eigenvalue weighted by molar-refractivity contribution is -0.178. The molecule has 0 spiro atoms. The van der Waals surface area contributed by atoms with E-state index in [-0.39, 0.29) is 30.2 Å². The van der Waals surface area contributed by atoms with E-state index in [0.29, 0.717) is 12.3 Å². The summed E-state index contributed by atoms with van der Waals surface area (Å²) in [6, 6.07) is 0. The first-order chi connectivity index (χ1) is 11.4. The van der Waals surface area contributed by atoms with Crippen molar-refractivity contribution in [3.8, 4) is 0 Å². The van der Waals surface area contributed by atoms with Gasteiger partial charge in [-0.2, -0.15) is 0 Å². The van der Waals surface area contributed by atoms with Crippen molar-refractivity contribution in [2.24, 2.45) is 23.2 Å². The van der Waals surface area contributed by atoms with Gasteiger partial charge in [-0.15, -0.1) is 0 Å². The van der Waals surface area contributed by atoms with E-state index in [4.69, 9.17) is 9.47 Å². The van der Waals surface area contributed by atoms with Crippen molar-refractivity contribution in [3.63, 3.8) is 0 Å². The number of carbonyl (C=O) groups excluding carboxylic acids is 2. The molecule has 0 heterocycles. The number of hydrogen-bond donors (Lipinski definition) is 0. The predicted octanol–water partition coefficient (Wildman–Crippen LogP) is 3.81. The average Bonchev–Trinajstić information content (AvgIpc) is 3.17. The number of allylic oxidation sites excluding steroid dienone is 3. The third-order valence-electron chi connectivity index (χ3n) is 6.20. The molecule has 4 unspecified atom stereocenters. The Bertz CT molecular complexity index is 576. The fourth-order valence-corrected chi connectivity index (χ4v) is 4.62. The molecule has 24 heavy (non-hydrogen) atoms. The summed E-state index contributed by atoms with van der Waals surface area (Å²) in [4.78, 5) is 25.3. The molecule has 3 aliphatic carbocycles. The zero-order valence-electron chi connectivity index (χ0n) is 14.9. The van der Waals surface area contributed by atoms with Crippen LogP contribution in [0.3, 0.4) is 0 Å². The van der Waals surface area contributed by atoms with Crippen molar-refractivity contribution < 1.29 is 19.1 Å². The zero-order chi connectivity index (χ0) is 17.4. The second-order valence-corrected chi connectivity index (χ2v) is 7.89. The lowest BCUT2D eigenvalue weighted by atomic mass is 9.72. The summed E-state index contributed by atoms with van der Waals surface area (Å²) in [5.74, 6) is 0.132. The second-order valence-electron chi connectivity index (χ2n) is 7.89. The highest BCUT2D eigenvalue weighted by Gasteiger charge is 2.57. The van der Waals surface area contributed by atoms with Crippen molar-refractivity contribution in [3.05, 3.63) is 24.3 Å². The van der Waals surface area contributed by atoms with Crippen LogP contribution in [-0.2, 0) is 19.1 Å². The van der Waals surface area contributed by atoms with Gasteiger partial charge in [0.15, 0.2) is 0 Å². The van der Waals surface area contributed by atoms with Crippen LogP contribution in [0.5, 0.6) is 0 Å². The van der Waals surface area contributed by atoms with Gasteiger partial charge in [-0.05, 0) is 55.9 Å². The van der Waals surface area contributed by atoms with Crippen LogP contribution in [0.25, 0.3) is 0 Å². The predicted molar refractivity (Wildman–Crippen MR) is 91.1 cm³/mol. The Hall–Kier alpha value is -1.58. The Kier molecular flexibility index (Phi) is 4.58. The molecule has 1 fully saturated rings. The van der Waals surface area contributed by atoms with Crippen LogP contribution < -0.4 is 0 Å². The van der Waals surface area contributed by atoms with E-state index in [1.165, 1.54) is 7.11 Å². The molecule has 3 aliphatic rings. The number of methoxy groups -OCH3 is 1. The van der Waals surface area contributed by atoms with E-state index < -0.39 is 11.0 Å². The molecule has 0 N–H and O–H groups in total. The van der Waals surface area contributed by atoms with E-state index in [0.717, 1.165) is 25.7 Å². The quantitative estimate of drug-likeness (QED) is 0.567. The minimum Gasteiger partial charge on any atom is -0.469 e. The van der Waals surface area contributed by atoms with Crippen LogP contribution in [0.1, 0.15) is 52.4 Å². The van der Waals surface area contributed by atoms with Gasteiger partial charge in [0.1, 0.15) is 5.60 Å². The first kappa shape index (κ1) is 17.2. The van der Waals surface area contributed by atoms with Crippen LogP contribution >= 0.6 is 0 Å². The van der Waals surface area contributed by atoms with E-state index >= 15 is 0 Å². The van der Waals surface area contributed by atoms with Crippen LogP contribution in [0.2, 0.25) is 0 Å². The molecule has 0 aromatic carbocycles. The molecule has 1 saturated carbocycles. The summed E-state index contributed by atoms with van der Waals surface area (Å²) >= 11 is 0. The molecular formula is C20H28O4. The van der Waals surface area contributed by atoms with Gasteiger partial charge < -0.3 is 9.47 Å². The summed E-state index contributed by atoms with van der Waals surface area (Å²) in [7, 11) is 1.38. The fourth-order valence-electron chi connectivity index (χ4n) is 4.62. The van der Waals surface area contributed by atoms with Crippen molar-refractivity contribution >= 4 is 11.9 Å². The fraction of sp³-hybridized carbons (Fsp3) is 0.700. The van der Waals surface area contributed by atoms with Crippen LogP contribution in [-0.4, -0.2) is 24.6 Å². The Balaban J connectivity index is 1.87. The Morgan fingerprint density at radius 3 is 2.58 bits per heavy atom. The summed E-state index contributed by atoms with van der Waals surface area (Å²) in [5.41, 5.74) is -1.29. The highest BCUT2D eigenvalue weighted by molar-refractivity contribution is 5.85. The van der Waals surface area contributed by atoms with Gasteiger partial charge in [0, 0.05) is 0 Å². The molecule has 0 aromatic rings. The third-order valence-corrected chi connectivity index (χ3v) is 6.20. The van der Waals surface area contributed by atoms with Crippen LogP contribution in [0.4, 0.5) is 0 Å². The lowest BCUT2D eigenvalue weighted by Crippen LogP contribution is -2.47. The maximum Gasteiger partial charge on any atom is 0.314 e. The highest BCUT2D eigenvalue weighted by atomic mass is 16.6. The van der Waals surface area contributed by atoms with Crippen LogP contribution in [0.15, 0.2) is 24.3 Å². The minimum atomic E-state index is -0.750. The summed E-state index contributed by atoms with van der Waals surface area (Å²) in [6.45, 7) is 4.19. The minimum absolute atomic E-state index is 0.0888. The molecule has 3 rings (SSSR count). The first-order valence-corrected chi connectivity index (χ1v) is 9.08. The number of hydrogen-bond acceptors (Lipinski definition) is 4. The van der Waals surface area contributed by atoms with Crippen LogP contribution in [0, 0.1) is 23.2 Å². The Morgan fingerprint density at radius 1 is 1.29 bits per heavy atom. The van der Waals surface area contributed by atoms with E-state index in [9.17, 15) is 9.59 Å². The summed E-state index contributed by atoms with van der Waals surface area (Å²) in [6.07, 6.45) is 13.1. The lowest BCUT2D eigenvalue weighted by Gasteiger charge is -2.41. The molecule has 4 atom stereocenters. The molecule has 4 heteroatoms. The van der Waals surface area contributed by atoms with Gasteiger partial charge in [-0.25, -0.2) is 0 Å². The van der Waals surface area contributed by atoms with Gasteiger partial charge in [-0.1, -0.05) is 32.1 Å². The first-order valence-electron chi connectivity index (χ1n) is 9.08. The molecule has 0 saturated heterocycles. The van der Waals surface area contributed by atoms with Gasteiger partial charge in [0.05, 0.1) is 18.9 Å². The molecule has 132 valence electrons. The van der Waals surface area contributed by atoms with E-state index in [1.54, 1.807) is 0 Å². The maximum atomic E-state index is 13.3. The van der Waals surface area contributed by atoms with Crippen molar-refractivity contribution in [1.82, 2.24) is 0 Å². The van der Waals surface area contributed by atoms with E-state index in [2.05, 4.69) is 38.2 Å². The average molecular weight is 332 g/mol. The van der Waals surface area contributed by atoms with Crippen molar-refractivity contribution in [2.45, 2.75) is 58.0 Å². The van der Waals surface area contributed by atoms with Gasteiger partial charge in [0.25, 0.3) is 0 Å². The van der Waals surface area contributed by atoms with Gasteiger partial charge in [-0.3, -0.25) is 9.59 Å². The Morgan fingerprint density at radius 2 is 2.08 bits per heavy atom. The second kappa shape index (κ2) is 6.38. The molecular weight excluding hydrogens is 304 g/mol. The topological polar surface area (TPSA) is 52.6 Å². The third kappa shape index (κ3) is 2.80. The number of rotatable bonds is 5. The molecule has 0 radical (unpaired) electrons. The molecule has 4 nitrogen and oxygen atoms in total. The van der Waals surface area contributed by atoms with Crippen molar-refractivity contribution in [1.29, 1.82) is 0 Å². The maximum absolute atomic E-state index is 13.3. The Labute approximate surface area is 144 Å². The SMILES string of the molecule is COC(=O)CC1(C(=O)OC2(C(C)C)C=CCCC2)CC2C=CC1C2. The standard InChI is InChI=1S/C20H28O4/c1-14(2)20(9-5-4-6-10-20)24-18(22)19(13-17(21)23-3)12-15-7-8-16(19)11-15/h5,7-9,14-16H,4,6,10-13H2,1-3H3. The molecule has 2 bridgehead atoms.